The van der Waals surface area contributed by atoms with Crippen molar-refractivity contribution >= 4 is 0 Å². The van der Waals surface area contributed by atoms with Crippen LogP contribution < -0.4 is 0 Å². The average molecular weight is 197 g/mol. The smallest absolute Gasteiger partial charge is 0.0873 e. The molecule has 80 valence electrons. The summed E-state index contributed by atoms with van der Waals surface area (Å²) < 4.78 is 5.97. The molecule has 0 aromatic heterocycles. The lowest BCUT2D eigenvalue weighted by atomic mass is 9.85. The fraction of sp³-hybridized carbons (Fsp3) is 1.00. The van der Waals surface area contributed by atoms with Gasteiger partial charge in [0.05, 0.1) is 18.3 Å². The van der Waals surface area contributed by atoms with E-state index < -0.39 is 0 Å². The van der Waals surface area contributed by atoms with Gasteiger partial charge in [-0.25, -0.2) is 0 Å². The zero-order valence-corrected chi connectivity index (χ0v) is 8.89. The molecule has 2 bridgehead atoms. The van der Waals surface area contributed by atoms with Crippen LogP contribution >= 0.6 is 0 Å². The first-order chi connectivity index (χ1) is 6.66. The normalized spacial score (nSPS) is 54.9. The van der Waals surface area contributed by atoms with Crippen LogP contribution in [0, 0.1) is 17.8 Å². The van der Waals surface area contributed by atoms with Crippen LogP contribution in [0.25, 0.3) is 0 Å². The number of hydrogen-bond donors (Lipinski definition) is 1. The number of fused-ring (bicyclic) bond motifs is 1. The second-order valence-electron chi connectivity index (χ2n) is 5.45. The molecule has 1 heterocycles. The van der Waals surface area contributed by atoms with Crippen LogP contribution in [0.4, 0.5) is 0 Å². The highest BCUT2D eigenvalue weighted by Gasteiger charge is 2.60. The molecule has 1 aliphatic heterocycles. The molecule has 1 N–H and O–H groups in total. The van der Waals surface area contributed by atoms with Crippen molar-refractivity contribution in [3.8, 4) is 0 Å². The van der Waals surface area contributed by atoms with E-state index in [0.717, 1.165) is 12.5 Å². The van der Waals surface area contributed by atoms with E-state index in [-0.39, 0.29) is 12.2 Å². The third kappa shape index (κ3) is 1.09. The summed E-state index contributed by atoms with van der Waals surface area (Å²) in [4.78, 5) is 2.19. The quantitative estimate of drug-likeness (QED) is 0.692. The minimum atomic E-state index is -0.164. The summed E-state index contributed by atoms with van der Waals surface area (Å²) in [5, 5.41) is 9.92. The summed E-state index contributed by atoms with van der Waals surface area (Å²) in [6, 6.07) is 0. The standard InChI is InChI=1S/C11H19NO2/c1-12(2)5-9-7-3-6-4-8(7)11(14-9)10(6)13/h6-11,13H,3-5H2,1-2H3/t6-,7+,8-,9?,10+,11+/m1/s1. The maximum Gasteiger partial charge on any atom is 0.0873 e. The molecule has 3 nitrogen and oxygen atoms in total. The number of aliphatic hydroxyl groups is 1. The second kappa shape index (κ2) is 2.94. The lowest BCUT2D eigenvalue weighted by Crippen LogP contribution is -2.31. The van der Waals surface area contributed by atoms with Crippen LogP contribution in [0.1, 0.15) is 12.8 Å². The van der Waals surface area contributed by atoms with Gasteiger partial charge in [-0.3, -0.25) is 0 Å². The van der Waals surface area contributed by atoms with Gasteiger partial charge in [0.15, 0.2) is 0 Å². The van der Waals surface area contributed by atoms with Crippen molar-refractivity contribution in [3.05, 3.63) is 0 Å². The Morgan fingerprint density at radius 3 is 2.57 bits per heavy atom. The van der Waals surface area contributed by atoms with Gasteiger partial charge < -0.3 is 14.7 Å². The number of ether oxygens (including phenoxy) is 1. The molecule has 1 saturated heterocycles. The van der Waals surface area contributed by atoms with E-state index in [1.165, 1.54) is 12.8 Å². The van der Waals surface area contributed by atoms with Gasteiger partial charge in [0.25, 0.3) is 0 Å². The molecule has 0 radical (unpaired) electrons. The predicted molar refractivity (Wildman–Crippen MR) is 52.9 cm³/mol. The number of likely N-dealkylation sites (N-methyl/N-ethyl adjacent to an activating group) is 1. The minimum Gasteiger partial charge on any atom is -0.390 e. The molecule has 3 rings (SSSR count). The van der Waals surface area contributed by atoms with Crippen molar-refractivity contribution in [1.29, 1.82) is 0 Å². The minimum absolute atomic E-state index is 0.164. The van der Waals surface area contributed by atoms with E-state index in [1.54, 1.807) is 0 Å². The molecular weight excluding hydrogens is 178 g/mol. The zero-order valence-electron chi connectivity index (χ0n) is 8.89. The summed E-state index contributed by atoms with van der Waals surface area (Å²) in [5.41, 5.74) is 0. The van der Waals surface area contributed by atoms with Crippen molar-refractivity contribution in [2.24, 2.45) is 17.8 Å². The topological polar surface area (TPSA) is 32.7 Å². The van der Waals surface area contributed by atoms with Crippen LogP contribution in [-0.4, -0.2) is 49.0 Å². The molecule has 1 unspecified atom stereocenters. The Hall–Kier alpha value is -0.120. The van der Waals surface area contributed by atoms with Crippen LogP contribution in [0.2, 0.25) is 0 Å². The van der Waals surface area contributed by atoms with Gasteiger partial charge in [0.1, 0.15) is 0 Å². The van der Waals surface area contributed by atoms with Gasteiger partial charge in [0.2, 0.25) is 0 Å². The van der Waals surface area contributed by atoms with Crippen LogP contribution in [0.3, 0.4) is 0 Å². The van der Waals surface area contributed by atoms with Crippen molar-refractivity contribution in [1.82, 2.24) is 4.90 Å². The molecule has 0 amide bonds. The predicted octanol–water partition coefficient (Wildman–Crippen LogP) is 0.332. The van der Waals surface area contributed by atoms with E-state index in [4.69, 9.17) is 4.74 Å². The van der Waals surface area contributed by atoms with Gasteiger partial charge in [-0.1, -0.05) is 0 Å². The molecule has 3 fully saturated rings. The highest BCUT2D eigenvalue weighted by molar-refractivity contribution is 5.08. The molecular formula is C11H19NO2. The lowest BCUT2D eigenvalue weighted by Gasteiger charge is -2.22. The van der Waals surface area contributed by atoms with Crippen molar-refractivity contribution < 1.29 is 9.84 Å². The van der Waals surface area contributed by atoms with Gasteiger partial charge >= 0.3 is 0 Å². The molecule has 0 spiro atoms. The third-order valence-electron chi connectivity index (χ3n) is 4.30. The fourth-order valence-electron chi connectivity index (χ4n) is 3.77. The lowest BCUT2D eigenvalue weighted by molar-refractivity contribution is -0.0380. The second-order valence-corrected chi connectivity index (χ2v) is 5.45. The molecule has 3 heteroatoms. The van der Waals surface area contributed by atoms with E-state index >= 15 is 0 Å². The monoisotopic (exact) mass is 197 g/mol. The Kier molecular flexibility index (Phi) is 1.92. The summed E-state index contributed by atoms with van der Waals surface area (Å²) in [7, 11) is 4.18. The van der Waals surface area contributed by atoms with Gasteiger partial charge in [-0.15, -0.1) is 0 Å². The fourth-order valence-corrected chi connectivity index (χ4v) is 3.77. The summed E-state index contributed by atoms with van der Waals surface area (Å²) in [5.74, 6) is 1.94. The van der Waals surface area contributed by atoms with Gasteiger partial charge in [-0.05, 0) is 44.7 Å². The first-order valence-corrected chi connectivity index (χ1v) is 5.65. The Morgan fingerprint density at radius 1 is 1.29 bits per heavy atom. The SMILES string of the molecule is CN(C)CC1O[C@@H]2[C@@H](O)[C@H]3C[C@@H]2[C@@H]1C3. The number of aliphatic hydroxyl groups excluding tert-OH is 1. The summed E-state index contributed by atoms with van der Waals surface area (Å²) >= 11 is 0. The van der Waals surface area contributed by atoms with E-state index in [2.05, 4.69) is 19.0 Å². The van der Waals surface area contributed by atoms with Crippen LogP contribution in [0.5, 0.6) is 0 Å². The van der Waals surface area contributed by atoms with E-state index in [0.29, 0.717) is 17.9 Å². The zero-order chi connectivity index (χ0) is 9.87. The van der Waals surface area contributed by atoms with Crippen molar-refractivity contribution in [2.45, 2.75) is 31.2 Å². The van der Waals surface area contributed by atoms with Crippen molar-refractivity contribution in [3.63, 3.8) is 0 Å². The number of hydrogen-bond acceptors (Lipinski definition) is 3. The first-order valence-electron chi connectivity index (χ1n) is 5.65. The largest absolute Gasteiger partial charge is 0.390 e. The summed E-state index contributed by atoms with van der Waals surface area (Å²) in [6.07, 6.45) is 2.79. The molecule has 3 aliphatic rings. The summed E-state index contributed by atoms with van der Waals surface area (Å²) in [6.45, 7) is 1.01. The molecule has 2 saturated carbocycles. The maximum absolute atomic E-state index is 9.92. The Bertz CT molecular complexity index is 243. The Labute approximate surface area is 85.0 Å². The number of rotatable bonds is 2. The van der Waals surface area contributed by atoms with E-state index in [9.17, 15) is 5.11 Å². The number of nitrogens with zero attached hydrogens (tertiary/aromatic N) is 1. The maximum atomic E-state index is 9.92. The molecule has 6 atom stereocenters. The Morgan fingerprint density at radius 2 is 2.00 bits per heavy atom. The third-order valence-corrected chi connectivity index (χ3v) is 4.30. The van der Waals surface area contributed by atoms with Crippen LogP contribution in [-0.2, 0) is 4.74 Å². The highest BCUT2D eigenvalue weighted by Crippen LogP contribution is 2.56. The van der Waals surface area contributed by atoms with Gasteiger partial charge in [-0.2, -0.15) is 0 Å². The highest BCUT2D eigenvalue weighted by atomic mass is 16.5. The molecule has 14 heavy (non-hydrogen) atoms. The average Bonchev–Trinajstić information content (AvgIpc) is 2.67. The Balaban J connectivity index is 1.76. The first kappa shape index (κ1) is 9.13. The van der Waals surface area contributed by atoms with E-state index in [1.807, 2.05) is 0 Å². The molecule has 0 aromatic rings. The van der Waals surface area contributed by atoms with Crippen molar-refractivity contribution in [2.75, 3.05) is 20.6 Å². The molecule has 0 aromatic carbocycles. The molecule has 2 aliphatic carbocycles. The van der Waals surface area contributed by atoms with Gasteiger partial charge in [0, 0.05) is 6.54 Å². The van der Waals surface area contributed by atoms with Crippen LogP contribution in [0.15, 0.2) is 0 Å².